The van der Waals surface area contributed by atoms with Gasteiger partial charge in [0, 0.05) is 30.1 Å². The van der Waals surface area contributed by atoms with Crippen molar-refractivity contribution in [3.63, 3.8) is 0 Å². The lowest BCUT2D eigenvalue weighted by Crippen LogP contribution is -2.24. The number of thioether (sulfide) groups is 1. The Kier molecular flexibility index (Phi) is 6.31. The normalized spacial score (nSPS) is 13.6. The molecule has 0 bridgehead atoms. The fraction of sp³-hybridized carbons (Fsp3) is 0.385. The topological polar surface area (TPSA) is 72.7 Å². The van der Waals surface area contributed by atoms with E-state index < -0.39 is 0 Å². The monoisotopic (exact) mass is 459 g/mol. The van der Waals surface area contributed by atoms with E-state index in [9.17, 15) is 4.79 Å². The minimum Gasteiger partial charge on any atom is -0.353 e. The number of benzene rings is 2. The molecule has 0 spiro atoms. The van der Waals surface area contributed by atoms with Crippen molar-refractivity contribution in [2.45, 2.75) is 63.7 Å². The summed E-state index contributed by atoms with van der Waals surface area (Å²) in [6.45, 7) is 4.94. The van der Waals surface area contributed by atoms with Crippen LogP contribution in [0, 0.1) is 13.8 Å². The van der Waals surface area contributed by atoms with Crippen LogP contribution in [0.15, 0.2) is 47.6 Å². The summed E-state index contributed by atoms with van der Waals surface area (Å²) in [5.74, 6) is 1.05. The van der Waals surface area contributed by atoms with Crippen LogP contribution in [0.5, 0.6) is 0 Å². The number of aromatic nitrogens is 4. The van der Waals surface area contributed by atoms with E-state index in [0.29, 0.717) is 17.6 Å². The molecule has 2 aromatic heterocycles. The van der Waals surface area contributed by atoms with Crippen molar-refractivity contribution in [1.29, 1.82) is 0 Å². The fourth-order valence-electron chi connectivity index (χ4n) is 4.03. The number of carbonyl (C=O) groups is 1. The number of rotatable bonds is 9. The number of nitrogens with zero attached hydrogens (tertiary/aromatic N) is 4. The molecular weight excluding hydrogens is 430 g/mol. The molecule has 1 saturated carbocycles. The Hall–Kier alpha value is -2.93. The van der Waals surface area contributed by atoms with Crippen LogP contribution in [0.2, 0.25) is 0 Å². The lowest BCUT2D eigenvalue weighted by atomic mass is 10.1. The van der Waals surface area contributed by atoms with Gasteiger partial charge in [0.15, 0.2) is 5.65 Å². The lowest BCUT2D eigenvalue weighted by Gasteiger charge is -2.08. The highest BCUT2D eigenvalue weighted by molar-refractivity contribution is 7.99. The zero-order valence-corrected chi connectivity index (χ0v) is 20.0. The van der Waals surface area contributed by atoms with E-state index in [2.05, 4.69) is 76.4 Å². The fourth-order valence-corrected chi connectivity index (χ4v) is 4.81. The SMILES string of the molecule is Cc1ccc(Cn2c3ccc(C)cc3c3nnc(SCCCCC(=O)NC4CC4)nc32)cc1. The number of fused-ring (bicyclic) bond motifs is 3. The Bertz CT molecular complexity index is 1290. The first-order valence-electron chi connectivity index (χ1n) is 11.7. The maximum atomic E-state index is 11.8. The van der Waals surface area contributed by atoms with Crippen molar-refractivity contribution in [2.24, 2.45) is 0 Å². The number of carbonyl (C=O) groups excluding carboxylic acids is 1. The van der Waals surface area contributed by atoms with E-state index in [1.54, 1.807) is 11.8 Å². The molecule has 0 saturated heterocycles. The molecule has 7 heteroatoms. The van der Waals surface area contributed by atoms with Crippen molar-refractivity contribution in [2.75, 3.05) is 5.75 Å². The molecule has 0 radical (unpaired) electrons. The third kappa shape index (κ3) is 5.19. The Balaban J connectivity index is 1.33. The van der Waals surface area contributed by atoms with Crippen LogP contribution in [0.25, 0.3) is 22.1 Å². The molecule has 0 atom stereocenters. The predicted octanol–water partition coefficient (Wildman–Crippen LogP) is 5.19. The van der Waals surface area contributed by atoms with Gasteiger partial charge in [-0.05, 0) is 57.2 Å². The maximum absolute atomic E-state index is 11.8. The van der Waals surface area contributed by atoms with Crippen LogP contribution in [-0.4, -0.2) is 37.5 Å². The predicted molar refractivity (Wildman–Crippen MR) is 134 cm³/mol. The van der Waals surface area contributed by atoms with Crippen LogP contribution >= 0.6 is 11.8 Å². The Labute approximate surface area is 198 Å². The summed E-state index contributed by atoms with van der Waals surface area (Å²) in [6.07, 6.45) is 4.70. The second-order valence-electron chi connectivity index (χ2n) is 9.01. The van der Waals surface area contributed by atoms with E-state index in [1.807, 2.05) is 0 Å². The molecule has 33 heavy (non-hydrogen) atoms. The third-order valence-corrected chi connectivity index (χ3v) is 6.96. The van der Waals surface area contributed by atoms with Gasteiger partial charge in [-0.15, -0.1) is 10.2 Å². The Morgan fingerprint density at radius 2 is 1.85 bits per heavy atom. The molecular formula is C26H29N5OS. The van der Waals surface area contributed by atoms with Crippen molar-refractivity contribution in [3.8, 4) is 0 Å². The van der Waals surface area contributed by atoms with E-state index in [0.717, 1.165) is 60.0 Å². The molecule has 0 aliphatic heterocycles. The van der Waals surface area contributed by atoms with E-state index in [-0.39, 0.29) is 5.91 Å². The van der Waals surface area contributed by atoms with Crippen LogP contribution in [0.1, 0.15) is 48.8 Å². The molecule has 6 nitrogen and oxygen atoms in total. The van der Waals surface area contributed by atoms with Crippen molar-refractivity contribution < 1.29 is 4.79 Å². The number of hydrogen-bond donors (Lipinski definition) is 1. The van der Waals surface area contributed by atoms with Crippen LogP contribution in [0.3, 0.4) is 0 Å². The quantitative estimate of drug-likeness (QED) is 0.276. The van der Waals surface area contributed by atoms with E-state index in [1.165, 1.54) is 16.7 Å². The van der Waals surface area contributed by atoms with Crippen molar-refractivity contribution in [3.05, 3.63) is 59.2 Å². The minimum atomic E-state index is 0.178. The summed E-state index contributed by atoms with van der Waals surface area (Å²) >= 11 is 1.61. The highest BCUT2D eigenvalue weighted by atomic mass is 32.2. The molecule has 2 aromatic carbocycles. The highest BCUT2D eigenvalue weighted by Gasteiger charge is 2.22. The average molecular weight is 460 g/mol. The van der Waals surface area contributed by atoms with Gasteiger partial charge in [-0.2, -0.15) is 0 Å². The zero-order valence-electron chi connectivity index (χ0n) is 19.2. The van der Waals surface area contributed by atoms with Crippen LogP contribution in [0.4, 0.5) is 0 Å². The first-order chi connectivity index (χ1) is 16.1. The number of nitrogens with one attached hydrogen (secondary N) is 1. The number of amides is 1. The zero-order chi connectivity index (χ0) is 22.8. The second-order valence-corrected chi connectivity index (χ2v) is 10.1. The highest BCUT2D eigenvalue weighted by Crippen LogP contribution is 2.29. The molecule has 2 heterocycles. The van der Waals surface area contributed by atoms with Gasteiger partial charge in [0.25, 0.3) is 0 Å². The molecule has 1 N–H and O–H groups in total. The lowest BCUT2D eigenvalue weighted by molar-refractivity contribution is -0.121. The largest absolute Gasteiger partial charge is 0.353 e. The Morgan fingerprint density at radius 3 is 2.64 bits per heavy atom. The van der Waals surface area contributed by atoms with Gasteiger partial charge < -0.3 is 9.88 Å². The Morgan fingerprint density at radius 1 is 1.06 bits per heavy atom. The summed E-state index contributed by atoms with van der Waals surface area (Å²) in [5, 5.41) is 13.8. The van der Waals surface area contributed by atoms with E-state index in [4.69, 9.17) is 4.98 Å². The van der Waals surface area contributed by atoms with Gasteiger partial charge in [-0.3, -0.25) is 4.79 Å². The van der Waals surface area contributed by atoms with Crippen LogP contribution in [-0.2, 0) is 11.3 Å². The van der Waals surface area contributed by atoms with Crippen molar-refractivity contribution in [1.82, 2.24) is 25.1 Å². The van der Waals surface area contributed by atoms with Gasteiger partial charge in [0.05, 0.1) is 5.52 Å². The molecule has 1 aliphatic carbocycles. The molecule has 1 aliphatic rings. The maximum Gasteiger partial charge on any atom is 0.220 e. The molecule has 0 unspecified atom stereocenters. The first-order valence-corrected chi connectivity index (χ1v) is 12.7. The summed E-state index contributed by atoms with van der Waals surface area (Å²) in [6, 6.07) is 15.5. The first kappa shape index (κ1) is 21.9. The molecule has 4 aromatic rings. The molecule has 170 valence electrons. The van der Waals surface area contributed by atoms with Gasteiger partial charge in [0.2, 0.25) is 11.1 Å². The van der Waals surface area contributed by atoms with Gasteiger partial charge >= 0.3 is 0 Å². The van der Waals surface area contributed by atoms with Crippen molar-refractivity contribution >= 4 is 39.7 Å². The number of aryl methyl sites for hydroxylation is 2. The van der Waals surface area contributed by atoms with E-state index >= 15 is 0 Å². The molecule has 1 amide bonds. The average Bonchev–Trinajstić information content (AvgIpc) is 3.57. The molecule has 1 fully saturated rings. The van der Waals surface area contributed by atoms with Gasteiger partial charge in [0.1, 0.15) is 5.52 Å². The second kappa shape index (κ2) is 9.51. The smallest absolute Gasteiger partial charge is 0.220 e. The third-order valence-electron chi connectivity index (χ3n) is 6.04. The number of hydrogen-bond acceptors (Lipinski definition) is 5. The summed E-state index contributed by atoms with van der Waals surface area (Å²) in [7, 11) is 0. The van der Waals surface area contributed by atoms with Crippen LogP contribution < -0.4 is 5.32 Å². The number of unbranched alkanes of at least 4 members (excludes halogenated alkanes) is 1. The minimum absolute atomic E-state index is 0.178. The summed E-state index contributed by atoms with van der Waals surface area (Å²) < 4.78 is 2.25. The summed E-state index contributed by atoms with van der Waals surface area (Å²) in [5.41, 5.74) is 6.53. The van der Waals surface area contributed by atoms with Gasteiger partial charge in [-0.1, -0.05) is 53.2 Å². The standard InChI is InChI=1S/C26H29N5OS/c1-17-6-9-19(10-7-17)16-31-22-13-8-18(2)15-21(22)24-25(31)28-26(30-29-24)33-14-4-3-5-23(32)27-20-11-12-20/h6-10,13,15,20H,3-5,11-12,14,16H2,1-2H3,(H,27,32). The van der Waals surface area contributed by atoms with Gasteiger partial charge in [-0.25, -0.2) is 4.98 Å². The molecule has 5 rings (SSSR count). The summed E-state index contributed by atoms with van der Waals surface area (Å²) in [4.78, 5) is 16.7.